The van der Waals surface area contributed by atoms with Crippen LogP contribution in [0, 0.1) is 0 Å². The van der Waals surface area contributed by atoms with Gasteiger partial charge in [-0.1, -0.05) is 49.9 Å². The summed E-state index contributed by atoms with van der Waals surface area (Å²) >= 11 is 0. The molecule has 2 amide bonds. The largest absolute Gasteiger partial charge is 0.493 e. The van der Waals surface area contributed by atoms with Gasteiger partial charge in [0.15, 0.2) is 11.5 Å². The van der Waals surface area contributed by atoms with Crippen LogP contribution >= 0.6 is 0 Å². The van der Waals surface area contributed by atoms with Crippen molar-refractivity contribution in [2.75, 3.05) is 39.3 Å². The minimum atomic E-state index is 0.0377. The first-order valence-corrected chi connectivity index (χ1v) is 12.9. The standard InChI is InChI=1S/C29H40N2O5/c1-22(32)31-20-12-8-6-5-7-11-19-30(21-24-13-9-10-14-25(24)31)27(33)18-16-23-15-17-26(34-2)29(36-4)28(23)35-3/h9-10,13-15,17H,5-8,11-12,16,18-21H2,1-4H3. The summed E-state index contributed by atoms with van der Waals surface area (Å²) in [5.74, 6) is 1.85. The lowest BCUT2D eigenvalue weighted by Gasteiger charge is -2.28. The highest BCUT2D eigenvalue weighted by Crippen LogP contribution is 2.40. The Hall–Kier alpha value is -3.22. The van der Waals surface area contributed by atoms with Crippen LogP contribution in [0.1, 0.15) is 63.0 Å². The number of hydrogen-bond donors (Lipinski definition) is 0. The number of benzene rings is 2. The molecule has 3 rings (SSSR count). The molecule has 0 saturated heterocycles. The van der Waals surface area contributed by atoms with E-state index in [4.69, 9.17) is 14.2 Å². The summed E-state index contributed by atoms with van der Waals surface area (Å²) in [5, 5.41) is 0. The van der Waals surface area contributed by atoms with Gasteiger partial charge < -0.3 is 24.0 Å². The first kappa shape index (κ1) is 27.4. The third kappa shape index (κ3) is 6.93. The average Bonchev–Trinajstić information content (AvgIpc) is 2.91. The Kier molecular flexibility index (Phi) is 10.5. The lowest BCUT2D eigenvalue weighted by molar-refractivity contribution is -0.131. The number of ether oxygens (including phenoxy) is 3. The molecule has 196 valence electrons. The second kappa shape index (κ2) is 13.8. The number of para-hydroxylation sites is 1. The molecule has 0 aliphatic carbocycles. The number of carbonyl (C=O) groups excluding carboxylic acids is 2. The fourth-order valence-electron chi connectivity index (χ4n) is 4.89. The number of anilines is 1. The van der Waals surface area contributed by atoms with E-state index >= 15 is 0 Å². The minimum absolute atomic E-state index is 0.0377. The quantitative estimate of drug-likeness (QED) is 0.537. The van der Waals surface area contributed by atoms with Gasteiger partial charge in [0.25, 0.3) is 0 Å². The number of fused-ring (bicyclic) bond motifs is 1. The molecule has 0 bridgehead atoms. The van der Waals surface area contributed by atoms with Crippen molar-refractivity contribution < 1.29 is 23.8 Å². The average molecular weight is 497 g/mol. The maximum atomic E-state index is 13.5. The highest BCUT2D eigenvalue weighted by atomic mass is 16.5. The van der Waals surface area contributed by atoms with Gasteiger partial charge in [0.05, 0.1) is 21.3 Å². The van der Waals surface area contributed by atoms with E-state index in [1.807, 2.05) is 46.2 Å². The molecule has 1 heterocycles. The first-order chi connectivity index (χ1) is 17.5. The normalized spacial score (nSPS) is 15.1. The van der Waals surface area contributed by atoms with Crippen LogP contribution < -0.4 is 19.1 Å². The zero-order valence-electron chi connectivity index (χ0n) is 22.2. The van der Waals surface area contributed by atoms with Gasteiger partial charge in [0.2, 0.25) is 17.6 Å². The van der Waals surface area contributed by atoms with E-state index in [9.17, 15) is 9.59 Å². The lowest BCUT2D eigenvalue weighted by atomic mass is 10.1. The van der Waals surface area contributed by atoms with Crippen LogP contribution in [0.3, 0.4) is 0 Å². The van der Waals surface area contributed by atoms with Gasteiger partial charge in [-0.2, -0.15) is 0 Å². The van der Waals surface area contributed by atoms with Crippen molar-refractivity contribution in [1.29, 1.82) is 0 Å². The monoisotopic (exact) mass is 496 g/mol. The molecule has 36 heavy (non-hydrogen) atoms. The molecule has 0 unspecified atom stereocenters. The summed E-state index contributed by atoms with van der Waals surface area (Å²) in [6.45, 7) is 3.52. The van der Waals surface area contributed by atoms with Crippen LogP contribution in [0.2, 0.25) is 0 Å². The Labute approximate surface area is 215 Å². The molecule has 0 N–H and O–H groups in total. The second-order valence-electron chi connectivity index (χ2n) is 9.23. The zero-order valence-corrected chi connectivity index (χ0v) is 22.2. The lowest BCUT2D eigenvalue weighted by Crippen LogP contribution is -2.34. The van der Waals surface area contributed by atoms with Crippen LogP contribution in [-0.2, 0) is 22.6 Å². The highest BCUT2D eigenvalue weighted by molar-refractivity contribution is 5.92. The molecule has 0 fully saturated rings. The Morgan fingerprint density at radius 1 is 0.806 bits per heavy atom. The van der Waals surface area contributed by atoms with Crippen molar-refractivity contribution in [2.45, 2.75) is 64.8 Å². The SMILES string of the molecule is COc1ccc(CCC(=O)N2CCCCCCCCN(C(C)=O)c3ccccc3C2)c(OC)c1OC. The van der Waals surface area contributed by atoms with Crippen molar-refractivity contribution in [3.8, 4) is 17.2 Å². The molecule has 2 aromatic carbocycles. The zero-order chi connectivity index (χ0) is 25.9. The molecule has 1 aliphatic heterocycles. The van der Waals surface area contributed by atoms with Crippen molar-refractivity contribution in [3.63, 3.8) is 0 Å². The van der Waals surface area contributed by atoms with Gasteiger partial charge in [0.1, 0.15) is 0 Å². The van der Waals surface area contributed by atoms with Crippen LogP contribution in [0.15, 0.2) is 36.4 Å². The summed E-state index contributed by atoms with van der Waals surface area (Å²) in [6, 6.07) is 11.7. The first-order valence-electron chi connectivity index (χ1n) is 12.9. The third-order valence-electron chi connectivity index (χ3n) is 6.83. The van der Waals surface area contributed by atoms with Crippen molar-refractivity contribution in [3.05, 3.63) is 47.5 Å². The van der Waals surface area contributed by atoms with E-state index in [-0.39, 0.29) is 11.8 Å². The smallest absolute Gasteiger partial charge is 0.223 e. The van der Waals surface area contributed by atoms with Crippen LogP contribution in [0.4, 0.5) is 5.69 Å². The Morgan fingerprint density at radius 3 is 2.14 bits per heavy atom. The van der Waals surface area contributed by atoms with Gasteiger partial charge in [-0.25, -0.2) is 0 Å². The highest BCUT2D eigenvalue weighted by Gasteiger charge is 2.21. The van der Waals surface area contributed by atoms with Gasteiger partial charge >= 0.3 is 0 Å². The summed E-state index contributed by atoms with van der Waals surface area (Å²) in [5.41, 5.74) is 2.81. The maximum absolute atomic E-state index is 13.5. The van der Waals surface area contributed by atoms with Gasteiger partial charge in [-0.05, 0) is 42.5 Å². The Bertz CT molecular complexity index is 1020. The molecule has 0 saturated carbocycles. The number of amides is 2. The summed E-state index contributed by atoms with van der Waals surface area (Å²) in [6.07, 6.45) is 7.36. The Morgan fingerprint density at radius 2 is 1.47 bits per heavy atom. The van der Waals surface area contributed by atoms with E-state index in [2.05, 4.69) is 0 Å². The van der Waals surface area contributed by atoms with Gasteiger partial charge in [0, 0.05) is 38.7 Å². The van der Waals surface area contributed by atoms with E-state index in [0.717, 1.165) is 55.3 Å². The van der Waals surface area contributed by atoms with Crippen molar-refractivity contribution in [2.24, 2.45) is 0 Å². The second-order valence-corrected chi connectivity index (χ2v) is 9.23. The number of nitrogens with zero attached hydrogens (tertiary/aromatic N) is 2. The number of methoxy groups -OCH3 is 3. The minimum Gasteiger partial charge on any atom is -0.493 e. The topological polar surface area (TPSA) is 68.3 Å². The molecular weight excluding hydrogens is 456 g/mol. The molecule has 1 aliphatic rings. The molecule has 0 radical (unpaired) electrons. The predicted octanol–water partition coefficient (Wildman–Crippen LogP) is 5.38. The van der Waals surface area contributed by atoms with E-state index in [1.54, 1.807) is 28.3 Å². The van der Waals surface area contributed by atoms with Gasteiger partial charge in [-0.15, -0.1) is 0 Å². The molecule has 0 aromatic heterocycles. The fraction of sp³-hybridized carbons (Fsp3) is 0.517. The van der Waals surface area contributed by atoms with E-state index in [1.165, 1.54) is 0 Å². The van der Waals surface area contributed by atoms with Crippen molar-refractivity contribution >= 4 is 17.5 Å². The van der Waals surface area contributed by atoms with Gasteiger partial charge in [-0.3, -0.25) is 9.59 Å². The molecule has 0 atom stereocenters. The Balaban J connectivity index is 1.82. The van der Waals surface area contributed by atoms with E-state index in [0.29, 0.717) is 49.7 Å². The molecular formula is C29H40N2O5. The number of carbonyl (C=O) groups is 2. The predicted molar refractivity (Wildman–Crippen MR) is 142 cm³/mol. The summed E-state index contributed by atoms with van der Waals surface area (Å²) < 4.78 is 16.5. The molecule has 7 nitrogen and oxygen atoms in total. The summed E-state index contributed by atoms with van der Waals surface area (Å²) in [7, 11) is 4.76. The molecule has 2 aromatic rings. The van der Waals surface area contributed by atoms with Crippen molar-refractivity contribution in [1.82, 2.24) is 4.90 Å². The maximum Gasteiger partial charge on any atom is 0.223 e. The number of rotatable bonds is 6. The van der Waals surface area contributed by atoms with Crippen LogP contribution in [0.25, 0.3) is 0 Å². The van der Waals surface area contributed by atoms with Crippen LogP contribution in [0.5, 0.6) is 17.2 Å². The van der Waals surface area contributed by atoms with Crippen LogP contribution in [-0.4, -0.2) is 51.1 Å². The fourth-order valence-corrected chi connectivity index (χ4v) is 4.89. The number of hydrogen-bond acceptors (Lipinski definition) is 5. The molecule has 0 spiro atoms. The molecule has 7 heteroatoms. The third-order valence-corrected chi connectivity index (χ3v) is 6.83. The summed E-state index contributed by atoms with van der Waals surface area (Å²) in [4.78, 5) is 29.8. The number of aryl methyl sites for hydroxylation is 1. The van der Waals surface area contributed by atoms with E-state index < -0.39 is 0 Å².